The number of fused-ring (bicyclic) bond motifs is 3. The first-order valence-electron chi connectivity index (χ1n) is 8.55. The molecule has 0 bridgehead atoms. The number of aromatic amines is 1. The zero-order chi connectivity index (χ0) is 20.7. The number of hydrogen-bond acceptors (Lipinski definition) is 7. The van der Waals surface area contributed by atoms with Gasteiger partial charge in [0.15, 0.2) is 11.5 Å². The molecule has 4 aromatic rings. The molecule has 0 aliphatic rings. The fourth-order valence-corrected chi connectivity index (χ4v) is 4.23. The second-order valence-corrected chi connectivity index (χ2v) is 7.49. The molecule has 0 aliphatic heterocycles. The van der Waals surface area contributed by atoms with Crippen molar-refractivity contribution in [1.29, 1.82) is 5.41 Å². The molecule has 4 rings (SSSR count). The summed E-state index contributed by atoms with van der Waals surface area (Å²) in [4.78, 5) is 31.9. The van der Waals surface area contributed by atoms with Gasteiger partial charge in [0.1, 0.15) is 10.5 Å². The molecule has 148 valence electrons. The van der Waals surface area contributed by atoms with Gasteiger partial charge in [0.25, 0.3) is 11.1 Å². The topological polar surface area (TPSA) is 135 Å². The number of H-pyrrole nitrogens is 1. The van der Waals surface area contributed by atoms with Crippen molar-refractivity contribution in [3.63, 3.8) is 0 Å². The smallest absolute Gasteiger partial charge is 0.291 e. The van der Waals surface area contributed by atoms with Crippen molar-refractivity contribution in [3.05, 3.63) is 67.3 Å². The van der Waals surface area contributed by atoms with Crippen molar-refractivity contribution in [2.45, 2.75) is 13.0 Å². The van der Waals surface area contributed by atoms with E-state index >= 15 is 0 Å². The largest absolute Gasteiger partial charge is 0.399 e. The van der Waals surface area contributed by atoms with Crippen LogP contribution in [-0.4, -0.2) is 30.5 Å². The van der Waals surface area contributed by atoms with E-state index in [1.165, 1.54) is 22.2 Å². The summed E-state index contributed by atoms with van der Waals surface area (Å²) in [6, 6.07) is 3.33. The predicted octanol–water partition coefficient (Wildman–Crippen LogP) is 1.41. The van der Waals surface area contributed by atoms with Crippen molar-refractivity contribution in [1.82, 2.24) is 24.3 Å². The van der Waals surface area contributed by atoms with Crippen LogP contribution >= 0.6 is 11.3 Å². The highest BCUT2D eigenvalue weighted by Gasteiger charge is 2.19. The summed E-state index contributed by atoms with van der Waals surface area (Å²) in [6.45, 7) is 0.0483. The molecule has 0 amide bonds. The van der Waals surface area contributed by atoms with E-state index in [0.717, 1.165) is 4.70 Å². The van der Waals surface area contributed by atoms with E-state index < -0.39 is 5.83 Å². The van der Waals surface area contributed by atoms with Crippen molar-refractivity contribution in [2.75, 3.05) is 0 Å². The molecule has 11 heteroatoms. The van der Waals surface area contributed by atoms with E-state index in [9.17, 15) is 14.0 Å². The third-order valence-corrected chi connectivity index (χ3v) is 5.64. The van der Waals surface area contributed by atoms with Crippen LogP contribution in [0.3, 0.4) is 0 Å². The lowest BCUT2D eigenvalue weighted by Gasteiger charge is -2.05. The van der Waals surface area contributed by atoms with Crippen LogP contribution in [-0.2, 0) is 20.0 Å². The lowest BCUT2D eigenvalue weighted by atomic mass is 10.3. The molecule has 0 saturated carbocycles. The number of nitrogens with zero attached hydrogens (tertiary/aromatic N) is 4. The molecule has 9 nitrogen and oxygen atoms in total. The average molecular weight is 413 g/mol. The maximum absolute atomic E-state index is 13.4. The van der Waals surface area contributed by atoms with Crippen LogP contribution in [0.2, 0.25) is 0 Å². The van der Waals surface area contributed by atoms with Crippen LogP contribution in [0.4, 0.5) is 4.39 Å². The minimum absolute atomic E-state index is 0.0483. The standard InChI is InChI=1S/C18H16FN7O2S/c1-25-14-10(15-16(25)24-13(29-15)5-12(21)11(19)6-20)7-23-26(18(14)28)8-9-3-2-4-22-17(9)27/h2-4,6-7,20H,5,8,21H2,1H3,(H,22,27). The van der Waals surface area contributed by atoms with Crippen molar-refractivity contribution in [3.8, 4) is 0 Å². The Morgan fingerprint density at radius 3 is 2.97 bits per heavy atom. The summed E-state index contributed by atoms with van der Waals surface area (Å²) >= 11 is 1.29. The molecule has 0 unspecified atom stereocenters. The Morgan fingerprint density at radius 2 is 2.24 bits per heavy atom. The van der Waals surface area contributed by atoms with Gasteiger partial charge in [-0.3, -0.25) is 9.59 Å². The van der Waals surface area contributed by atoms with Crippen molar-refractivity contribution < 1.29 is 4.39 Å². The zero-order valence-electron chi connectivity index (χ0n) is 15.3. The Hall–Kier alpha value is -3.60. The van der Waals surface area contributed by atoms with Gasteiger partial charge < -0.3 is 20.7 Å². The Bertz CT molecular complexity index is 1410. The minimum atomic E-state index is -0.797. The van der Waals surface area contributed by atoms with E-state index in [1.54, 1.807) is 29.9 Å². The number of aromatic nitrogens is 5. The van der Waals surface area contributed by atoms with Gasteiger partial charge in [-0.05, 0) is 6.07 Å². The SMILES string of the molecule is Cn1c2nc(CC(N)=C(F)C=N)sc2c2cnn(Cc3ccc[nH]c3=O)c(=O)c21. The first kappa shape index (κ1) is 18.7. The summed E-state index contributed by atoms with van der Waals surface area (Å²) in [5.41, 5.74) is 6.37. The van der Waals surface area contributed by atoms with Gasteiger partial charge in [-0.25, -0.2) is 14.1 Å². The van der Waals surface area contributed by atoms with Crippen LogP contribution in [0.1, 0.15) is 10.6 Å². The molecule has 0 aromatic carbocycles. The summed E-state index contributed by atoms with van der Waals surface area (Å²) < 4.78 is 17.1. The monoisotopic (exact) mass is 413 g/mol. The molecule has 0 spiro atoms. The summed E-state index contributed by atoms with van der Waals surface area (Å²) in [6.07, 6.45) is 3.72. The molecule has 29 heavy (non-hydrogen) atoms. The molecule has 4 aromatic heterocycles. The number of nitrogens with one attached hydrogen (secondary N) is 2. The molecular formula is C18H16FN7O2S. The highest BCUT2D eigenvalue weighted by Crippen LogP contribution is 2.31. The number of pyridine rings is 1. The molecule has 0 aliphatic carbocycles. The van der Waals surface area contributed by atoms with Crippen LogP contribution in [0.15, 0.2) is 45.6 Å². The van der Waals surface area contributed by atoms with Gasteiger partial charge in [-0.1, -0.05) is 6.07 Å². The van der Waals surface area contributed by atoms with Crippen LogP contribution < -0.4 is 16.9 Å². The van der Waals surface area contributed by atoms with Crippen molar-refractivity contribution in [2.24, 2.45) is 12.8 Å². The normalized spacial score (nSPS) is 12.5. The third-order valence-electron chi connectivity index (χ3n) is 4.56. The number of aryl methyl sites for hydroxylation is 1. The van der Waals surface area contributed by atoms with Gasteiger partial charge >= 0.3 is 0 Å². The molecule has 0 fully saturated rings. The van der Waals surface area contributed by atoms with E-state index in [4.69, 9.17) is 11.1 Å². The number of rotatable bonds is 5. The first-order valence-corrected chi connectivity index (χ1v) is 9.37. The molecular weight excluding hydrogens is 397 g/mol. The lowest BCUT2D eigenvalue weighted by molar-refractivity contribution is 0.639. The first-order chi connectivity index (χ1) is 13.9. The van der Waals surface area contributed by atoms with Gasteiger partial charge in [-0.2, -0.15) is 5.10 Å². The van der Waals surface area contributed by atoms with Gasteiger partial charge in [0, 0.05) is 30.6 Å². The second kappa shape index (κ2) is 7.09. The number of allylic oxidation sites excluding steroid dienone is 2. The lowest BCUT2D eigenvalue weighted by Crippen LogP contribution is -2.27. The maximum Gasteiger partial charge on any atom is 0.291 e. The number of hydrogen-bond donors (Lipinski definition) is 3. The second-order valence-electron chi connectivity index (χ2n) is 6.41. The highest BCUT2D eigenvalue weighted by atomic mass is 32.1. The highest BCUT2D eigenvalue weighted by molar-refractivity contribution is 7.19. The van der Waals surface area contributed by atoms with Gasteiger partial charge in [0.05, 0.1) is 29.4 Å². The van der Waals surface area contributed by atoms with Crippen LogP contribution in [0.25, 0.3) is 21.3 Å². The zero-order valence-corrected chi connectivity index (χ0v) is 16.1. The fraction of sp³-hybridized carbons (Fsp3) is 0.167. The maximum atomic E-state index is 13.4. The van der Waals surface area contributed by atoms with Crippen molar-refractivity contribution >= 4 is 38.8 Å². The number of halogens is 1. The Balaban J connectivity index is 1.80. The van der Waals surface area contributed by atoms with Gasteiger partial charge in [0.2, 0.25) is 0 Å². The Labute approximate surface area is 166 Å². The molecule has 0 atom stereocenters. The fourth-order valence-electron chi connectivity index (χ4n) is 3.10. The average Bonchev–Trinajstić information content (AvgIpc) is 3.23. The summed E-state index contributed by atoms with van der Waals surface area (Å²) in [7, 11) is 1.71. The third kappa shape index (κ3) is 3.14. The Morgan fingerprint density at radius 1 is 1.45 bits per heavy atom. The van der Waals surface area contributed by atoms with Gasteiger partial charge in [-0.15, -0.1) is 11.3 Å². The van der Waals surface area contributed by atoms with E-state index in [1.807, 2.05) is 0 Å². The molecule has 4 heterocycles. The summed E-state index contributed by atoms with van der Waals surface area (Å²) in [5.74, 6) is -0.797. The van der Waals surface area contributed by atoms with Crippen LogP contribution in [0, 0.1) is 5.41 Å². The van der Waals surface area contributed by atoms with E-state index in [-0.39, 0.29) is 29.8 Å². The molecule has 0 radical (unpaired) electrons. The number of nitrogens with two attached hydrogens (primary N) is 1. The number of thiazole rings is 1. The molecule has 0 saturated heterocycles. The predicted molar refractivity (Wildman–Crippen MR) is 109 cm³/mol. The Kier molecular flexibility index (Phi) is 4.59. The quantitative estimate of drug-likeness (QED) is 0.425. The van der Waals surface area contributed by atoms with E-state index in [2.05, 4.69) is 15.1 Å². The van der Waals surface area contributed by atoms with E-state index in [0.29, 0.717) is 33.3 Å². The van der Waals surface area contributed by atoms with Crippen LogP contribution in [0.5, 0.6) is 0 Å². The minimum Gasteiger partial charge on any atom is -0.399 e. The summed E-state index contributed by atoms with van der Waals surface area (Å²) in [5, 5.41) is 12.3. The molecule has 4 N–H and O–H groups in total.